The summed E-state index contributed by atoms with van der Waals surface area (Å²) in [6, 6.07) is 4.47. The van der Waals surface area contributed by atoms with Gasteiger partial charge in [-0.2, -0.15) is 0 Å². The molecule has 0 atom stereocenters. The zero-order valence-corrected chi connectivity index (χ0v) is 11.9. The normalized spacial score (nSPS) is 11.7. The SMILES string of the molecule is C=C/C=C\OCC.C=Cc1cc2c(cc1C)C=CC2. The summed E-state index contributed by atoms with van der Waals surface area (Å²) in [6.45, 7) is 12.1. The first kappa shape index (κ1) is 15.0. The number of rotatable bonds is 4. The summed E-state index contributed by atoms with van der Waals surface area (Å²) in [5.41, 5.74) is 5.38. The predicted molar refractivity (Wildman–Crippen MR) is 85.0 cm³/mol. The van der Waals surface area contributed by atoms with Gasteiger partial charge in [-0.25, -0.2) is 0 Å². The summed E-state index contributed by atoms with van der Waals surface area (Å²) in [4.78, 5) is 0. The van der Waals surface area contributed by atoms with E-state index in [1.54, 1.807) is 18.4 Å². The average Bonchev–Trinajstić information content (AvgIpc) is 2.86. The first-order valence-corrected chi connectivity index (χ1v) is 6.54. The van der Waals surface area contributed by atoms with Crippen molar-refractivity contribution in [2.24, 2.45) is 0 Å². The third-order valence-electron chi connectivity index (χ3n) is 2.86. The summed E-state index contributed by atoms with van der Waals surface area (Å²) < 4.78 is 4.82. The van der Waals surface area contributed by atoms with E-state index in [0.29, 0.717) is 0 Å². The minimum absolute atomic E-state index is 0.727. The average molecular weight is 254 g/mol. The molecule has 0 unspecified atom stereocenters. The molecule has 0 radical (unpaired) electrons. The van der Waals surface area contributed by atoms with Gasteiger partial charge >= 0.3 is 0 Å². The van der Waals surface area contributed by atoms with Crippen LogP contribution in [0.2, 0.25) is 0 Å². The van der Waals surface area contributed by atoms with Crippen molar-refractivity contribution < 1.29 is 4.74 Å². The van der Waals surface area contributed by atoms with Crippen LogP contribution in [-0.4, -0.2) is 6.61 Å². The molecule has 0 saturated heterocycles. The van der Waals surface area contributed by atoms with Crippen molar-refractivity contribution in [3.8, 4) is 0 Å². The molecule has 2 rings (SSSR count). The quantitative estimate of drug-likeness (QED) is 0.547. The van der Waals surface area contributed by atoms with Crippen LogP contribution in [0.1, 0.15) is 29.2 Å². The van der Waals surface area contributed by atoms with Crippen molar-refractivity contribution in [2.45, 2.75) is 20.3 Å². The predicted octanol–water partition coefficient (Wildman–Crippen LogP) is 4.93. The van der Waals surface area contributed by atoms with E-state index in [1.165, 1.54) is 22.3 Å². The Labute approximate surface area is 116 Å². The Morgan fingerprint density at radius 2 is 2.11 bits per heavy atom. The van der Waals surface area contributed by atoms with Crippen LogP contribution in [-0.2, 0) is 11.2 Å². The largest absolute Gasteiger partial charge is 0.501 e. The molecule has 1 aromatic rings. The second-order valence-electron chi connectivity index (χ2n) is 4.24. The molecule has 0 bridgehead atoms. The van der Waals surface area contributed by atoms with Gasteiger partial charge in [0.15, 0.2) is 0 Å². The topological polar surface area (TPSA) is 9.23 Å². The maximum atomic E-state index is 4.82. The Morgan fingerprint density at radius 1 is 1.32 bits per heavy atom. The van der Waals surface area contributed by atoms with E-state index in [2.05, 4.69) is 44.4 Å². The molecule has 0 amide bonds. The fourth-order valence-electron chi connectivity index (χ4n) is 1.87. The van der Waals surface area contributed by atoms with Crippen molar-refractivity contribution in [3.05, 3.63) is 72.0 Å². The fourth-order valence-corrected chi connectivity index (χ4v) is 1.87. The van der Waals surface area contributed by atoms with Crippen LogP contribution in [0, 0.1) is 6.92 Å². The second kappa shape index (κ2) is 8.15. The Morgan fingerprint density at radius 3 is 2.74 bits per heavy atom. The van der Waals surface area contributed by atoms with Crippen LogP contribution in [0.3, 0.4) is 0 Å². The minimum Gasteiger partial charge on any atom is -0.501 e. The third kappa shape index (κ3) is 4.63. The number of benzene rings is 1. The number of hydrogen-bond acceptors (Lipinski definition) is 1. The lowest BCUT2D eigenvalue weighted by Gasteiger charge is -2.04. The Hall–Kier alpha value is -2.02. The molecule has 0 aromatic heterocycles. The first-order valence-electron chi connectivity index (χ1n) is 6.54. The van der Waals surface area contributed by atoms with Crippen molar-refractivity contribution >= 4 is 12.2 Å². The molecule has 0 aliphatic heterocycles. The number of ether oxygens (including phenoxy) is 1. The Bertz CT molecular complexity index is 493. The molecular weight excluding hydrogens is 232 g/mol. The van der Waals surface area contributed by atoms with E-state index < -0.39 is 0 Å². The molecule has 1 aliphatic rings. The summed E-state index contributed by atoms with van der Waals surface area (Å²) >= 11 is 0. The van der Waals surface area contributed by atoms with Crippen LogP contribution >= 0.6 is 0 Å². The van der Waals surface area contributed by atoms with Gasteiger partial charge in [0.1, 0.15) is 0 Å². The summed E-state index contributed by atoms with van der Waals surface area (Å²) in [7, 11) is 0. The molecule has 0 heterocycles. The maximum absolute atomic E-state index is 4.82. The lowest BCUT2D eigenvalue weighted by Crippen LogP contribution is -1.87. The molecule has 1 heteroatoms. The van der Waals surface area contributed by atoms with E-state index in [9.17, 15) is 0 Å². The van der Waals surface area contributed by atoms with Gasteiger partial charge in [-0.15, -0.1) is 0 Å². The summed E-state index contributed by atoms with van der Waals surface area (Å²) in [5.74, 6) is 0. The van der Waals surface area contributed by atoms with Gasteiger partial charge in [0.05, 0.1) is 12.9 Å². The van der Waals surface area contributed by atoms with Crippen molar-refractivity contribution in [3.63, 3.8) is 0 Å². The Balaban J connectivity index is 0.000000224. The van der Waals surface area contributed by atoms with E-state index in [0.717, 1.165) is 13.0 Å². The Kier molecular flexibility index (Phi) is 6.45. The van der Waals surface area contributed by atoms with Gasteiger partial charge in [-0.3, -0.25) is 0 Å². The fraction of sp³-hybridized carbons (Fsp3) is 0.222. The standard InChI is InChI=1S/C12H12.C6H10O/c1-3-10-8-12-6-4-5-11(12)7-9(10)2;1-3-5-6-7-4-2/h3-5,7-8H,1,6H2,2H3;3,5-6H,1,4H2,2H3/b;6-5-. The van der Waals surface area contributed by atoms with E-state index in [-0.39, 0.29) is 0 Å². The molecular formula is C18H22O. The number of hydrogen-bond donors (Lipinski definition) is 0. The zero-order valence-electron chi connectivity index (χ0n) is 11.9. The van der Waals surface area contributed by atoms with E-state index in [4.69, 9.17) is 4.74 Å². The highest BCUT2D eigenvalue weighted by Gasteiger charge is 2.06. The lowest BCUT2D eigenvalue weighted by molar-refractivity contribution is 0.269. The van der Waals surface area contributed by atoms with Crippen molar-refractivity contribution in [1.29, 1.82) is 0 Å². The first-order chi connectivity index (χ1) is 9.22. The number of fused-ring (bicyclic) bond motifs is 1. The van der Waals surface area contributed by atoms with E-state index in [1.807, 2.05) is 13.0 Å². The molecule has 19 heavy (non-hydrogen) atoms. The number of aryl methyl sites for hydroxylation is 1. The van der Waals surface area contributed by atoms with Crippen molar-refractivity contribution in [1.82, 2.24) is 0 Å². The van der Waals surface area contributed by atoms with Gasteiger partial charge in [0.2, 0.25) is 0 Å². The minimum atomic E-state index is 0.727. The van der Waals surface area contributed by atoms with Crippen LogP contribution in [0.15, 0.2) is 49.8 Å². The second-order valence-corrected chi connectivity index (χ2v) is 4.24. The highest BCUT2D eigenvalue weighted by atomic mass is 16.5. The van der Waals surface area contributed by atoms with Crippen LogP contribution in [0.5, 0.6) is 0 Å². The summed E-state index contributed by atoms with van der Waals surface area (Å²) in [5, 5.41) is 0. The molecule has 0 saturated carbocycles. The van der Waals surface area contributed by atoms with Gasteiger partial charge < -0.3 is 4.74 Å². The molecule has 1 aliphatic carbocycles. The third-order valence-corrected chi connectivity index (χ3v) is 2.86. The maximum Gasteiger partial charge on any atom is 0.0845 e. The van der Waals surface area contributed by atoms with Crippen LogP contribution in [0.25, 0.3) is 12.2 Å². The smallest absolute Gasteiger partial charge is 0.0845 e. The van der Waals surface area contributed by atoms with Crippen LogP contribution < -0.4 is 0 Å². The van der Waals surface area contributed by atoms with Crippen LogP contribution in [0.4, 0.5) is 0 Å². The zero-order chi connectivity index (χ0) is 14.1. The molecule has 100 valence electrons. The van der Waals surface area contributed by atoms with Gasteiger partial charge in [-0.05, 0) is 48.6 Å². The highest BCUT2D eigenvalue weighted by Crippen LogP contribution is 2.23. The molecule has 0 spiro atoms. The van der Waals surface area contributed by atoms with Crippen molar-refractivity contribution in [2.75, 3.05) is 6.61 Å². The lowest BCUT2D eigenvalue weighted by atomic mass is 10.0. The highest BCUT2D eigenvalue weighted by molar-refractivity contribution is 5.65. The molecule has 0 N–H and O–H groups in total. The summed E-state index contributed by atoms with van der Waals surface area (Å²) in [6.07, 6.45) is 12.4. The number of allylic oxidation sites excluding steroid dienone is 3. The molecule has 0 fully saturated rings. The van der Waals surface area contributed by atoms with E-state index >= 15 is 0 Å². The van der Waals surface area contributed by atoms with Gasteiger partial charge in [0, 0.05) is 0 Å². The van der Waals surface area contributed by atoms with Gasteiger partial charge in [-0.1, -0.05) is 49.6 Å². The van der Waals surface area contributed by atoms with Gasteiger partial charge in [0.25, 0.3) is 0 Å². The molecule has 1 aromatic carbocycles. The monoisotopic (exact) mass is 254 g/mol. The molecule has 1 nitrogen and oxygen atoms in total.